The fourth-order valence-corrected chi connectivity index (χ4v) is 1.07. The summed E-state index contributed by atoms with van der Waals surface area (Å²) in [7, 11) is -1.70. The molecule has 0 aliphatic rings. The van der Waals surface area contributed by atoms with E-state index in [9.17, 15) is 4.39 Å². The normalized spacial score (nSPS) is 9.85. The lowest BCUT2D eigenvalue weighted by molar-refractivity contribution is 0.192. The van der Waals surface area contributed by atoms with Crippen molar-refractivity contribution in [2.24, 2.45) is 0 Å². The highest BCUT2D eigenvalue weighted by Gasteiger charge is 2.17. The largest absolute Gasteiger partial charge is 0.492 e. The Balaban J connectivity index is 3.03. The van der Waals surface area contributed by atoms with E-state index in [4.69, 9.17) is 21.6 Å². The van der Waals surface area contributed by atoms with Gasteiger partial charge < -0.3 is 14.8 Å². The molecular weight excluding hydrogens is 197 g/mol. The maximum absolute atomic E-state index is 11.8. The predicted octanol–water partition coefficient (Wildman–Crippen LogP) is 0.326. The molecule has 0 aliphatic carbocycles. The minimum atomic E-state index is -1.70. The molecule has 0 spiro atoms. The first-order chi connectivity index (χ1) is 6.15. The van der Waals surface area contributed by atoms with E-state index in [0.717, 1.165) is 0 Å². The van der Waals surface area contributed by atoms with Crippen molar-refractivity contribution in [3.63, 3.8) is 0 Å². The summed E-state index contributed by atoms with van der Waals surface area (Å²) in [5, 5.41) is 18.0. The summed E-state index contributed by atoms with van der Waals surface area (Å²) >= 11 is 5.59. The molecule has 13 heavy (non-hydrogen) atoms. The summed E-state index contributed by atoms with van der Waals surface area (Å²) in [6.07, 6.45) is 0. The number of ether oxygens (including phenoxy) is 1. The van der Waals surface area contributed by atoms with Crippen LogP contribution in [-0.4, -0.2) is 24.0 Å². The third kappa shape index (κ3) is 2.58. The maximum atomic E-state index is 11.8. The molecule has 0 amide bonds. The van der Waals surface area contributed by atoms with E-state index in [-0.39, 0.29) is 11.2 Å². The van der Waals surface area contributed by atoms with Crippen molar-refractivity contribution in [1.82, 2.24) is 0 Å². The molecule has 0 unspecified atom stereocenters. The summed E-state index contributed by atoms with van der Waals surface area (Å²) in [5.74, 6) is 0.0324. The smallest absolute Gasteiger partial charge is 0.463 e. The Kier molecular flexibility index (Phi) is 3.53. The molecule has 0 saturated carbocycles. The second kappa shape index (κ2) is 4.46. The lowest BCUT2D eigenvalue weighted by Crippen LogP contribution is -2.31. The first-order valence-corrected chi connectivity index (χ1v) is 3.87. The van der Waals surface area contributed by atoms with Crippen LogP contribution in [0, 0.1) is 0 Å². The van der Waals surface area contributed by atoms with Crippen molar-refractivity contribution < 1.29 is 19.2 Å². The SMILES string of the molecule is OB(O)c1ccc(Cl)cc1OCF. The highest BCUT2D eigenvalue weighted by atomic mass is 35.5. The molecule has 0 fully saturated rings. The summed E-state index contributed by atoms with van der Waals surface area (Å²) in [4.78, 5) is 0. The molecule has 0 radical (unpaired) electrons. The van der Waals surface area contributed by atoms with E-state index in [1.807, 2.05) is 0 Å². The second-order valence-corrected chi connectivity index (χ2v) is 2.75. The Labute approximate surface area is 79.9 Å². The van der Waals surface area contributed by atoms with Crippen molar-refractivity contribution in [3.8, 4) is 5.75 Å². The first-order valence-electron chi connectivity index (χ1n) is 3.49. The summed E-state index contributed by atoms with van der Waals surface area (Å²) in [6.45, 7) is -1.04. The molecule has 0 saturated heterocycles. The van der Waals surface area contributed by atoms with Gasteiger partial charge in [0.15, 0.2) is 0 Å². The minimum absolute atomic E-state index is 0.0324. The summed E-state index contributed by atoms with van der Waals surface area (Å²) in [6, 6.07) is 4.13. The molecule has 0 bridgehead atoms. The third-order valence-corrected chi connectivity index (χ3v) is 1.70. The second-order valence-electron chi connectivity index (χ2n) is 2.31. The maximum Gasteiger partial charge on any atom is 0.492 e. The van der Waals surface area contributed by atoms with Gasteiger partial charge in [0.25, 0.3) is 0 Å². The van der Waals surface area contributed by atoms with Gasteiger partial charge in [-0.05, 0) is 12.1 Å². The minimum Gasteiger partial charge on any atom is -0.463 e. The fourth-order valence-electron chi connectivity index (χ4n) is 0.905. The van der Waals surface area contributed by atoms with Crippen LogP contribution in [0.4, 0.5) is 4.39 Å². The molecule has 2 N–H and O–H groups in total. The molecular formula is C7H7BClFO3. The van der Waals surface area contributed by atoms with Crippen LogP contribution in [0.25, 0.3) is 0 Å². The Morgan fingerprint density at radius 3 is 2.69 bits per heavy atom. The molecule has 0 aromatic heterocycles. The number of rotatable bonds is 3. The topological polar surface area (TPSA) is 49.7 Å². The lowest BCUT2D eigenvalue weighted by atomic mass is 9.79. The van der Waals surface area contributed by atoms with Gasteiger partial charge in [-0.3, -0.25) is 0 Å². The van der Waals surface area contributed by atoms with Gasteiger partial charge in [-0.1, -0.05) is 17.7 Å². The molecule has 0 aliphatic heterocycles. The van der Waals surface area contributed by atoms with Gasteiger partial charge in [0.2, 0.25) is 6.86 Å². The first kappa shape index (κ1) is 10.3. The van der Waals surface area contributed by atoms with Crippen LogP contribution >= 0.6 is 11.6 Å². The van der Waals surface area contributed by atoms with E-state index in [1.165, 1.54) is 18.2 Å². The van der Waals surface area contributed by atoms with Gasteiger partial charge in [-0.2, -0.15) is 0 Å². The van der Waals surface area contributed by atoms with Gasteiger partial charge in [-0.25, -0.2) is 4.39 Å². The number of hydrogen-bond acceptors (Lipinski definition) is 3. The molecule has 1 aromatic carbocycles. The standard InChI is InChI=1S/C7H7BClFO3/c9-5-1-2-6(8(11)12)7(3-5)13-4-10/h1-3,11-12H,4H2. The molecule has 0 atom stereocenters. The van der Waals surface area contributed by atoms with Crippen LogP contribution in [0.1, 0.15) is 0 Å². The van der Waals surface area contributed by atoms with E-state index in [1.54, 1.807) is 0 Å². The van der Waals surface area contributed by atoms with Gasteiger partial charge in [0, 0.05) is 10.5 Å². The van der Waals surface area contributed by atoms with Crippen molar-refractivity contribution in [2.75, 3.05) is 6.86 Å². The van der Waals surface area contributed by atoms with E-state index in [2.05, 4.69) is 4.74 Å². The Hall–Kier alpha value is -0.775. The highest BCUT2D eigenvalue weighted by Crippen LogP contribution is 2.15. The van der Waals surface area contributed by atoms with Crippen LogP contribution in [0.5, 0.6) is 5.75 Å². The zero-order valence-electron chi connectivity index (χ0n) is 6.58. The zero-order valence-corrected chi connectivity index (χ0v) is 7.33. The average molecular weight is 204 g/mol. The third-order valence-electron chi connectivity index (χ3n) is 1.46. The van der Waals surface area contributed by atoms with Crippen molar-refractivity contribution in [2.45, 2.75) is 0 Å². The lowest BCUT2D eigenvalue weighted by Gasteiger charge is -2.07. The predicted molar refractivity (Wildman–Crippen MR) is 47.9 cm³/mol. The van der Waals surface area contributed by atoms with Gasteiger partial charge in [0.05, 0.1) is 0 Å². The van der Waals surface area contributed by atoms with Crippen LogP contribution < -0.4 is 10.2 Å². The van der Waals surface area contributed by atoms with Crippen LogP contribution in [0.3, 0.4) is 0 Å². The monoisotopic (exact) mass is 204 g/mol. The molecule has 6 heteroatoms. The highest BCUT2D eigenvalue weighted by molar-refractivity contribution is 6.59. The van der Waals surface area contributed by atoms with Gasteiger partial charge in [0.1, 0.15) is 5.75 Å². The Bertz CT molecular complexity index is 295. The van der Waals surface area contributed by atoms with Crippen LogP contribution in [-0.2, 0) is 0 Å². The average Bonchev–Trinajstić information content (AvgIpc) is 2.04. The quantitative estimate of drug-likeness (QED) is 0.698. The number of hydrogen-bond donors (Lipinski definition) is 2. The Morgan fingerprint density at radius 1 is 1.46 bits per heavy atom. The fraction of sp³-hybridized carbons (Fsp3) is 0.143. The van der Waals surface area contributed by atoms with Crippen LogP contribution in [0.2, 0.25) is 5.02 Å². The molecule has 70 valence electrons. The zero-order chi connectivity index (χ0) is 9.84. The van der Waals surface area contributed by atoms with Crippen molar-refractivity contribution in [1.29, 1.82) is 0 Å². The summed E-state index contributed by atoms with van der Waals surface area (Å²) in [5.41, 5.74) is 0.0852. The van der Waals surface area contributed by atoms with E-state index in [0.29, 0.717) is 5.02 Å². The Morgan fingerprint density at radius 2 is 2.15 bits per heavy atom. The van der Waals surface area contributed by atoms with E-state index < -0.39 is 14.0 Å². The summed E-state index contributed by atoms with van der Waals surface area (Å²) < 4.78 is 16.3. The van der Waals surface area contributed by atoms with Gasteiger partial charge >= 0.3 is 7.12 Å². The van der Waals surface area contributed by atoms with Crippen molar-refractivity contribution >= 4 is 24.2 Å². The molecule has 1 aromatic rings. The van der Waals surface area contributed by atoms with Crippen molar-refractivity contribution in [3.05, 3.63) is 23.2 Å². The number of alkyl halides is 1. The van der Waals surface area contributed by atoms with Crippen LogP contribution in [0.15, 0.2) is 18.2 Å². The molecule has 1 rings (SSSR count). The van der Waals surface area contributed by atoms with E-state index >= 15 is 0 Å². The number of benzene rings is 1. The van der Waals surface area contributed by atoms with Gasteiger partial charge in [-0.15, -0.1) is 0 Å². The molecule has 0 heterocycles. The molecule has 3 nitrogen and oxygen atoms in total. The number of halogens is 2.